The van der Waals surface area contributed by atoms with Crippen molar-refractivity contribution >= 4 is 0 Å². The fourth-order valence-electron chi connectivity index (χ4n) is 2.50. The van der Waals surface area contributed by atoms with E-state index in [1.807, 2.05) is 0 Å². The van der Waals surface area contributed by atoms with Crippen LogP contribution in [-0.2, 0) is 0 Å². The van der Waals surface area contributed by atoms with Crippen LogP contribution < -0.4 is 5.73 Å². The first kappa shape index (κ1) is 15.2. The van der Waals surface area contributed by atoms with E-state index in [1.54, 1.807) is 0 Å². The Balaban J connectivity index is 2.48. The zero-order valence-electron chi connectivity index (χ0n) is 12.3. The third kappa shape index (κ3) is 4.43. The van der Waals surface area contributed by atoms with Gasteiger partial charge in [0.1, 0.15) is 0 Å². The minimum absolute atomic E-state index is 0.154. The van der Waals surface area contributed by atoms with Crippen molar-refractivity contribution in [2.75, 3.05) is 13.6 Å². The molecule has 0 spiro atoms. The second-order valence-electron chi connectivity index (χ2n) is 5.26. The lowest BCUT2D eigenvalue weighted by molar-refractivity contribution is 0.222. The number of aryl methyl sites for hydroxylation is 1. The zero-order chi connectivity index (χ0) is 13.5. The first-order valence-corrected chi connectivity index (χ1v) is 7.10. The van der Waals surface area contributed by atoms with Crippen LogP contribution >= 0.6 is 0 Å². The number of rotatable bonds is 7. The van der Waals surface area contributed by atoms with Gasteiger partial charge in [0.15, 0.2) is 0 Å². The Hall–Kier alpha value is -0.860. The maximum Gasteiger partial charge on any atom is 0.0307 e. The zero-order valence-corrected chi connectivity index (χ0v) is 12.3. The van der Waals surface area contributed by atoms with Crippen molar-refractivity contribution in [3.8, 4) is 0 Å². The van der Waals surface area contributed by atoms with Crippen LogP contribution in [0.2, 0.25) is 0 Å². The van der Waals surface area contributed by atoms with E-state index in [9.17, 15) is 0 Å². The second-order valence-corrected chi connectivity index (χ2v) is 5.26. The molecule has 18 heavy (non-hydrogen) atoms. The van der Waals surface area contributed by atoms with Gasteiger partial charge in [-0.15, -0.1) is 0 Å². The molecule has 0 saturated carbocycles. The third-order valence-corrected chi connectivity index (χ3v) is 3.83. The molecule has 1 unspecified atom stereocenters. The van der Waals surface area contributed by atoms with Crippen LogP contribution in [-0.4, -0.2) is 24.5 Å². The van der Waals surface area contributed by atoms with E-state index in [2.05, 4.69) is 57.0 Å². The Kier molecular flexibility index (Phi) is 6.37. The van der Waals surface area contributed by atoms with Gasteiger partial charge in [-0.3, -0.25) is 0 Å². The lowest BCUT2D eigenvalue weighted by Crippen LogP contribution is -2.33. The molecule has 1 aromatic carbocycles. The summed E-state index contributed by atoms with van der Waals surface area (Å²) in [7, 11) is 2.21. The smallest absolute Gasteiger partial charge is 0.0307 e. The summed E-state index contributed by atoms with van der Waals surface area (Å²) in [6.45, 7) is 7.70. The van der Waals surface area contributed by atoms with Crippen molar-refractivity contribution in [1.29, 1.82) is 0 Å². The lowest BCUT2D eigenvalue weighted by Gasteiger charge is -2.27. The molecule has 0 aromatic heterocycles. The maximum absolute atomic E-state index is 6.27. The van der Waals surface area contributed by atoms with Gasteiger partial charge < -0.3 is 10.6 Å². The standard InChI is InChI=1S/C16H28N2/c1-5-15(6-2)18(4)11-10-16(17)14-9-7-8-13(3)12-14/h7-9,12,15-16H,5-6,10-11,17H2,1-4H3. The van der Waals surface area contributed by atoms with Gasteiger partial charge >= 0.3 is 0 Å². The summed E-state index contributed by atoms with van der Waals surface area (Å²) in [5.74, 6) is 0. The molecule has 0 radical (unpaired) electrons. The van der Waals surface area contributed by atoms with Gasteiger partial charge in [-0.25, -0.2) is 0 Å². The predicted molar refractivity (Wildman–Crippen MR) is 79.7 cm³/mol. The van der Waals surface area contributed by atoms with E-state index in [1.165, 1.54) is 24.0 Å². The van der Waals surface area contributed by atoms with Crippen LogP contribution in [0.25, 0.3) is 0 Å². The monoisotopic (exact) mass is 248 g/mol. The summed E-state index contributed by atoms with van der Waals surface area (Å²) < 4.78 is 0. The molecule has 1 aromatic rings. The first-order chi connectivity index (χ1) is 8.58. The topological polar surface area (TPSA) is 29.3 Å². The molecule has 0 aliphatic rings. The quantitative estimate of drug-likeness (QED) is 0.800. The molecular formula is C16H28N2. The molecule has 0 amide bonds. The van der Waals surface area contributed by atoms with Gasteiger partial charge in [-0.2, -0.15) is 0 Å². The summed E-state index contributed by atoms with van der Waals surface area (Å²) in [5, 5.41) is 0. The molecule has 0 saturated heterocycles. The van der Waals surface area contributed by atoms with E-state index in [0.717, 1.165) is 13.0 Å². The molecule has 0 fully saturated rings. The number of benzene rings is 1. The highest BCUT2D eigenvalue weighted by Crippen LogP contribution is 2.17. The molecule has 102 valence electrons. The Bertz CT molecular complexity index is 345. The molecule has 0 bridgehead atoms. The average molecular weight is 248 g/mol. The number of nitrogens with zero attached hydrogens (tertiary/aromatic N) is 1. The molecule has 2 heteroatoms. The number of nitrogens with two attached hydrogens (primary N) is 1. The molecule has 1 atom stereocenters. The minimum Gasteiger partial charge on any atom is -0.324 e. The SMILES string of the molecule is CCC(CC)N(C)CCC(N)c1cccc(C)c1. The van der Waals surface area contributed by atoms with Crippen LogP contribution in [0.1, 0.15) is 50.3 Å². The minimum atomic E-state index is 0.154. The van der Waals surface area contributed by atoms with Crippen molar-refractivity contribution in [2.45, 2.75) is 52.1 Å². The first-order valence-electron chi connectivity index (χ1n) is 7.10. The van der Waals surface area contributed by atoms with Crippen LogP contribution in [0.3, 0.4) is 0 Å². The summed E-state index contributed by atoms with van der Waals surface area (Å²) in [4.78, 5) is 2.44. The van der Waals surface area contributed by atoms with E-state index >= 15 is 0 Å². The molecule has 0 heterocycles. The Morgan fingerprint density at radius 3 is 2.44 bits per heavy atom. The second kappa shape index (κ2) is 7.55. The molecule has 0 aliphatic heterocycles. The normalized spacial score (nSPS) is 13.3. The predicted octanol–water partition coefficient (Wildman–Crippen LogP) is 3.51. The highest BCUT2D eigenvalue weighted by Gasteiger charge is 2.12. The summed E-state index contributed by atoms with van der Waals surface area (Å²) >= 11 is 0. The van der Waals surface area contributed by atoms with Crippen molar-refractivity contribution in [2.24, 2.45) is 5.73 Å². The van der Waals surface area contributed by atoms with Crippen LogP contribution in [0, 0.1) is 6.92 Å². The fourth-order valence-corrected chi connectivity index (χ4v) is 2.50. The Labute approximate surface area is 112 Å². The number of hydrogen-bond donors (Lipinski definition) is 1. The van der Waals surface area contributed by atoms with Gasteiger partial charge in [0, 0.05) is 12.1 Å². The van der Waals surface area contributed by atoms with Crippen LogP contribution in [0.15, 0.2) is 24.3 Å². The van der Waals surface area contributed by atoms with Gasteiger partial charge in [-0.05, 0) is 45.3 Å². The highest BCUT2D eigenvalue weighted by molar-refractivity contribution is 5.24. The Morgan fingerprint density at radius 1 is 1.22 bits per heavy atom. The molecule has 1 rings (SSSR count). The van der Waals surface area contributed by atoms with Crippen molar-refractivity contribution in [1.82, 2.24) is 4.90 Å². The third-order valence-electron chi connectivity index (χ3n) is 3.83. The van der Waals surface area contributed by atoms with E-state index < -0.39 is 0 Å². The van der Waals surface area contributed by atoms with Gasteiger partial charge in [-0.1, -0.05) is 43.7 Å². The summed E-state index contributed by atoms with van der Waals surface area (Å²) in [5.41, 5.74) is 8.81. The van der Waals surface area contributed by atoms with Crippen molar-refractivity contribution < 1.29 is 0 Å². The van der Waals surface area contributed by atoms with Gasteiger partial charge in [0.25, 0.3) is 0 Å². The molecule has 2 N–H and O–H groups in total. The van der Waals surface area contributed by atoms with Gasteiger partial charge in [0.2, 0.25) is 0 Å². The Morgan fingerprint density at radius 2 is 1.89 bits per heavy atom. The number of hydrogen-bond acceptors (Lipinski definition) is 2. The van der Waals surface area contributed by atoms with E-state index in [4.69, 9.17) is 5.73 Å². The summed E-state index contributed by atoms with van der Waals surface area (Å²) in [6, 6.07) is 9.38. The fraction of sp³-hybridized carbons (Fsp3) is 0.625. The van der Waals surface area contributed by atoms with Gasteiger partial charge in [0.05, 0.1) is 0 Å². The van der Waals surface area contributed by atoms with Crippen molar-refractivity contribution in [3.05, 3.63) is 35.4 Å². The molecule has 0 aliphatic carbocycles. The molecule has 2 nitrogen and oxygen atoms in total. The van der Waals surface area contributed by atoms with Crippen molar-refractivity contribution in [3.63, 3.8) is 0 Å². The highest BCUT2D eigenvalue weighted by atomic mass is 15.1. The molecular weight excluding hydrogens is 220 g/mol. The average Bonchev–Trinajstić information content (AvgIpc) is 2.37. The lowest BCUT2D eigenvalue weighted by atomic mass is 10.0. The maximum atomic E-state index is 6.27. The van der Waals surface area contributed by atoms with E-state index in [0.29, 0.717) is 6.04 Å². The largest absolute Gasteiger partial charge is 0.324 e. The summed E-state index contributed by atoms with van der Waals surface area (Å²) in [6.07, 6.45) is 3.45. The van der Waals surface area contributed by atoms with Crippen LogP contribution in [0.5, 0.6) is 0 Å². The van der Waals surface area contributed by atoms with Crippen LogP contribution in [0.4, 0.5) is 0 Å². The van der Waals surface area contributed by atoms with E-state index in [-0.39, 0.29) is 6.04 Å².